The molecule has 1 aromatic heterocycles. The molecule has 0 spiro atoms. The second-order valence-corrected chi connectivity index (χ2v) is 5.47. The molecule has 1 atom stereocenters. The summed E-state index contributed by atoms with van der Waals surface area (Å²) in [5.74, 6) is 1.10. The number of aryl methyl sites for hydroxylation is 2. The molecule has 1 aromatic rings. The number of pyridine rings is 1. The lowest BCUT2D eigenvalue weighted by Gasteiger charge is -2.17. The van der Waals surface area contributed by atoms with Crippen LogP contribution in [0.15, 0.2) is 6.07 Å². The van der Waals surface area contributed by atoms with Crippen molar-refractivity contribution >= 4 is 0 Å². The summed E-state index contributed by atoms with van der Waals surface area (Å²) in [5, 5.41) is 9.17. The van der Waals surface area contributed by atoms with Gasteiger partial charge in [0.2, 0.25) is 5.88 Å². The van der Waals surface area contributed by atoms with Crippen LogP contribution in [0.25, 0.3) is 0 Å². The van der Waals surface area contributed by atoms with Crippen LogP contribution in [0.3, 0.4) is 0 Å². The van der Waals surface area contributed by atoms with Crippen molar-refractivity contribution in [2.24, 2.45) is 5.92 Å². The Balaban J connectivity index is 2.19. The summed E-state index contributed by atoms with van der Waals surface area (Å²) in [6.45, 7) is 6.37. The van der Waals surface area contributed by atoms with Crippen molar-refractivity contribution in [1.29, 1.82) is 5.26 Å². The van der Waals surface area contributed by atoms with Crippen molar-refractivity contribution in [3.8, 4) is 11.9 Å². The van der Waals surface area contributed by atoms with Crippen molar-refractivity contribution in [2.45, 2.75) is 52.6 Å². The number of hydrogen-bond donors (Lipinski definition) is 0. The Kier molecular flexibility index (Phi) is 3.86. The summed E-state index contributed by atoms with van der Waals surface area (Å²) in [6, 6.07) is 4.15. The lowest BCUT2D eigenvalue weighted by atomic mass is 10.1. The molecule has 3 heteroatoms. The van der Waals surface area contributed by atoms with Crippen molar-refractivity contribution in [3.05, 3.63) is 22.9 Å². The number of aromatic nitrogens is 1. The van der Waals surface area contributed by atoms with E-state index in [1.807, 2.05) is 13.0 Å². The van der Waals surface area contributed by atoms with Crippen LogP contribution in [0.2, 0.25) is 0 Å². The summed E-state index contributed by atoms with van der Waals surface area (Å²) in [4.78, 5) is 4.53. The van der Waals surface area contributed by atoms with E-state index in [4.69, 9.17) is 4.74 Å². The zero-order valence-electron chi connectivity index (χ0n) is 11.4. The van der Waals surface area contributed by atoms with Gasteiger partial charge in [-0.15, -0.1) is 0 Å². The number of rotatable bonds is 4. The molecule has 0 fully saturated rings. The fourth-order valence-electron chi connectivity index (χ4n) is 2.53. The molecule has 0 aliphatic heterocycles. The molecule has 0 saturated heterocycles. The maximum absolute atomic E-state index is 9.17. The molecule has 0 bridgehead atoms. The summed E-state index contributed by atoms with van der Waals surface area (Å²) < 4.78 is 5.84. The van der Waals surface area contributed by atoms with Gasteiger partial charge < -0.3 is 4.74 Å². The molecule has 0 N–H and O–H groups in total. The summed E-state index contributed by atoms with van der Waals surface area (Å²) >= 11 is 0. The SMILES string of the molecule is CC(C)CC(C)Oc1nc2c(cc1C#N)CCC2. The van der Waals surface area contributed by atoms with Gasteiger partial charge in [-0.3, -0.25) is 0 Å². The van der Waals surface area contributed by atoms with E-state index in [1.165, 1.54) is 5.56 Å². The van der Waals surface area contributed by atoms with E-state index in [0.717, 1.165) is 31.4 Å². The van der Waals surface area contributed by atoms with Crippen molar-refractivity contribution in [2.75, 3.05) is 0 Å². The first-order chi connectivity index (χ1) is 8.60. The molecule has 0 aromatic carbocycles. The van der Waals surface area contributed by atoms with Crippen molar-refractivity contribution in [1.82, 2.24) is 4.98 Å². The quantitative estimate of drug-likeness (QED) is 0.816. The third-order valence-corrected chi connectivity index (χ3v) is 3.25. The smallest absolute Gasteiger partial charge is 0.232 e. The zero-order chi connectivity index (χ0) is 13.1. The first-order valence-corrected chi connectivity index (χ1v) is 6.69. The van der Waals surface area contributed by atoms with Crippen LogP contribution < -0.4 is 4.74 Å². The van der Waals surface area contributed by atoms with Crippen LogP contribution in [0.1, 0.15) is 50.4 Å². The average Bonchev–Trinajstić information content (AvgIpc) is 2.73. The van der Waals surface area contributed by atoms with Crippen LogP contribution in [-0.2, 0) is 12.8 Å². The van der Waals surface area contributed by atoms with E-state index < -0.39 is 0 Å². The maximum atomic E-state index is 9.17. The Morgan fingerprint density at radius 3 is 2.83 bits per heavy atom. The zero-order valence-corrected chi connectivity index (χ0v) is 11.4. The van der Waals surface area contributed by atoms with Gasteiger partial charge in [0.05, 0.1) is 6.10 Å². The van der Waals surface area contributed by atoms with Gasteiger partial charge in [0.25, 0.3) is 0 Å². The van der Waals surface area contributed by atoms with Crippen LogP contribution in [0.5, 0.6) is 5.88 Å². The van der Waals surface area contributed by atoms with Crippen LogP contribution >= 0.6 is 0 Å². The first-order valence-electron chi connectivity index (χ1n) is 6.69. The van der Waals surface area contributed by atoms with E-state index in [2.05, 4.69) is 24.9 Å². The highest BCUT2D eigenvalue weighted by Crippen LogP contribution is 2.27. The standard InChI is InChI=1S/C15H20N2O/c1-10(2)7-11(3)18-15-13(9-16)8-12-5-4-6-14(12)17-15/h8,10-11H,4-7H2,1-3H3. The van der Waals surface area contributed by atoms with Gasteiger partial charge in [-0.1, -0.05) is 13.8 Å². The number of fused-ring (bicyclic) bond motifs is 1. The number of hydrogen-bond acceptors (Lipinski definition) is 3. The minimum atomic E-state index is 0.101. The Morgan fingerprint density at radius 1 is 1.39 bits per heavy atom. The Morgan fingerprint density at radius 2 is 2.17 bits per heavy atom. The maximum Gasteiger partial charge on any atom is 0.232 e. The largest absolute Gasteiger partial charge is 0.474 e. The van der Waals surface area contributed by atoms with Crippen molar-refractivity contribution in [3.63, 3.8) is 0 Å². The highest BCUT2D eigenvalue weighted by molar-refractivity contribution is 5.44. The van der Waals surface area contributed by atoms with Crippen molar-refractivity contribution < 1.29 is 4.74 Å². The van der Waals surface area contributed by atoms with E-state index in [9.17, 15) is 5.26 Å². The lowest BCUT2D eigenvalue weighted by Crippen LogP contribution is -2.16. The first kappa shape index (κ1) is 12.9. The van der Waals surface area contributed by atoms with E-state index in [-0.39, 0.29) is 6.10 Å². The average molecular weight is 244 g/mol. The highest BCUT2D eigenvalue weighted by atomic mass is 16.5. The molecule has 1 aliphatic carbocycles. The van der Waals surface area contributed by atoms with E-state index in [0.29, 0.717) is 17.4 Å². The monoisotopic (exact) mass is 244 g/mol. The topological polar surface area (TPSA) is 45.9 Å². The van der Waals surface area contributed by atoms with Crippen LogP contribution in [-0.4, -0.2) is 11.1 Å². The predicted molar refractivity (Wildman–Crippen MR) is 70.5 cm³/mol. The van der Waals surface area contributed by atoms with E-state index in [1.54, 1.807) is 0 Å². The van der Waals surface area contributed by atoms with Gasteiger partial charge in [0, 0.05) is 5.69 Å². The second kappa shape index (κ2) is 5.39. The minimum Gasteiger partial charge on any atom is -0.474 e. The van der Waals surface area contributed by atoms with Gasteiger partial charge in [-0.2, -0.15) is 5.26 Å². The third kappa shape index (κ3) is 2.81. The summed E-state index contributed by atoms with van der Waals surface area (Å²) in [5.41, 5.74) is 2.91. The molecule has 18 heavy (non-hydrogen) atoms. The number of nitrogens with zero attached hydrogens (tertiary/aromatic N) is 2. The molecular formula is C15H20N2O. The van der Waals surface area contributed by atoms with Crippen LogP contribution in [0.4, 0.5) is 0 Å². The third-order valence-electron chi connectivity index (χ3n) is 3.25. The van der Waals surface area contributed by atoms with Gasteiger partial charge >= 0.3 is 0 Å². The van der Waals surface area contributed by atoms with Gasteiger partial charge in [0.15, 0.2) is 0 Å². The van der Waals surface area contributed by atoms with Crippen LogP contribution in [0, 0.1) is 17.2 Å². The molecule has 2 rings (SSSR count). The second-order valence-electron chi connectivity index (χ2n) is 5.47. The molecule has 0 amide bonds. The van der Waals surface area contributed by atoms with Gasteiger partial charge in [0.1, 0.15) is 11.6 Å². The Bertz CT molecular complexity index is 474. The molecule has 1 unspecified atom stereocenters. The summed E-state index contributed by atoms with van der Waals surface area (Å²) in [7, 11) is 0. The molecule has 1 aliphatic rings. The molecule has 96 valence electrons. The normalized spacial score (nSPS) is 15.3. The fraction of sp³-hybridized carbons (Fsp3) is 0.600. The molecule has 1 heterocycles. The molecule has 0 saturated carbocycles. The predicted octanol–water partition coefficient (Wildman–Crippen LogP) is 3.26. The fourth-order valence-corrected chi connectivity index (χ4v) is 2.53. The summed E-state index contributed by atoms with van der Waals surface area (Å²) in [6.07, 6.45) is 4.26. The molecular weight excluding hydrogens is 224 g/mol. The van der Waals surface area contributed by atoms with E-state index >= 15 is 0 Å². The Labute approximate surface area is 109 Å². The molecule has 3 nitrogen and oxygen atoms in total. The highest BCUT2D eigenvalue weighted by Gasteiger charge is 2.18. The number of nitriles is 1. The molecule has 0 radical (unpaired) electrons. The van der Waals surface area contributed by atoms with Gasteiger partial charge in [-0.25, -0.2) is 4.98 Å². The van der Waals surface area contributed by atoms with Gasteiger partial charge in [-0.05, 0) is 50.2 Å². The Hall–Kier alpha value is -1.56. The number of ether oxygens (including phenoxy) is 1. The lowest BCUT2D eigenvalue weighted by molar-refractivity contribution is 0.185. The minimum absolute atomic E-state index is 0.101.